The molecule has 1 heterocycles. The second-order valence-electron chi connectivity index (χ2n) is 6.86. The van der Waals surface area contributed by atoms with E-state index in [1.54, 1.807) is 0 Å². The molecule has 1 aliphatic rings. The number of hydrogen-bond acceptors (Lipinski definition) is 5. The molecule has 23 heavy (non-hydrogen) atoms. The molecule has 0 saturated carbocycles. The molecule has 0 spiro atoms. The SMILES string of the molecule is CC(NCC(O)CN(C)C)c1ccc(N2CCC(O)CC2)cc1. The molecular formula is C18H31N3O2. The van der Waals surface area contributed by atoms with E-state index in [9.17, 15) is 10.2 Å². The van der Waals surface area contributed by atoms with Gasteiger partial charge in [-0.3, -0.25) is 0 Å². The summed E-state index contributed by atoms with van der Waals surface area (Å²) in [6.45, 7) is 5.22. The first-order valence-corrected chi connectivity index (χ1v) is 8.55. The first-order chi connectivity index (χ1) is 11.0. The van der Waals surface area contributed by atoms with Crippen molar-refractivity contribution >= 4 is 5.69 Å². The molecule has 2 atom stereocenters. The first-order valence-electron chi connectivity index (χ1n) is 8.55. The normalized spacial score (nSPS) is 19.1. The zero-order chi connectivity index (χ0) is 16.8. The molecular weight excluding hydrogens is 290 g/mol. The van der Waals surface area contributed by atoms with Crippen LogP contribution in [0.2, 0.25) is 0 Å². The fourth-order valence-corrected chi connectivity index (χ4v) is 3.01. The highest BCUT2D eigenvalue weighted by molar-refractivity contribution is 5.48. The Bertz CT molecular complexity index is 456. The molecule has 130 valence electrons. The average Bonchev–Trinajstić information content (AvgIpc) is 2.53. The molecule has 5 nitrogen and oxygen atoms in total. The minimum Gasteiger partial charge on any atom is -0.393 e. The maximum atomic E-state index is 9.92. The van der Waals surface area contributed by atoms with Crippen molar-refractivity contribution in [2.24, 2.45) is 0 Å². The largest absolute Gasteiger partial charge is 0.393 e. The number of benzene rings is 1. The molecule has 1 aromatic rings. The van der Waals surface area contributed by atoms with Crippen LogP contribution in [-0.4, -0.2) is 67.6 Å². The lowest BCUT2D eigenvalue weighted by molar-refractivity contribution is 0.132. The van der Waals surface area contributed by atoms with E-state index >= 15 is 0 Å². The monoisotopic (exact) mass is 321 g/mol. The van der Waals surface area contributed by atoms with Gasteiger partial charge in [-0.15, -0.1) is 0 Å². The van der Waals surface area contributed by atoms with Gasteiger partial charge in [0.25, 0.3) is 0 Å². The van der Waals surface area contributed by atoms with E-state index in [4.69, 9.17) is 0 Å². The van der Waals surface area contributed by atoms with Crippen LogP contribution < -0.4 is 10.2 Å². The average molecular weight is 321 g/mol. The molecule has 0 bridgehead atoms. The van der Waals surface area contributed by atoms with Crippen LogP contribution in [-0.2, 0) is 0 Å². The highest BCUT2D eigenvalue weighted by Gasteiger charge is 2.17. The number of aliphatic hydroxyl groups excluding tert-OH is 2. The van der Waals surface area contributed by atoms with Gasteiger partial charge >= 0.3 is 0 Å². The van der Waals surface area contributed by atoms with Crippen LogP contribution in [0.3, 0.4) is 0 Å². The molecule has 1 saturated heterocycles. The summed E-state index contributed by atoms with van der Waals surface area (Å²) in [5, 5.41) is 22.9. The van der Waals surface area contributed by atoms with Gasteiger partial charge in [-0.25, -0.2) is 0 Å². The lowest BCUT2D eigenvalue weighted by Gasteiger charge is -2.31. The molecule has 5 heteroatoms. The van der Waals surface area contributed by atoms with Crippen LogP contribution in [0.1, 0.15) is 31.4 Å². The van der Waals surface area contributed by atoms with Gasteiger partial charge in [0.05, 0.1) is 12.2 Å². The summed E-state index contributed by atoms with van der Waals surface area (Å²) in [5.41, 5.74) is 2.45. The molecule has 1 aromatic carbocycles. The molecule has 3 N–H and O–H groups in total. The van der Waals surface area contributed by atoms with Crippen molar-refractivity contribution in [2.75, 3.05) is 45.2 Å². The van der Waals surface area contributed by atoms with Crippen LogP contribution in [0, 0.1) is 0 Å². The van der Waals surface area contributed by atoms with Crippen LogP contribution in [0.25, 0.3) is 0 Å². The minimum atomic E-state index is -0.355. The number of rotatable bonds is 7. The van der Waals surface area contributed by atoms with Gasteiger partial charge in [0.1, 0.15) is 0 Å². The molecule has 1 fully saturated rings. The zero-order valence-corrected chi connectivity index (χ0v) is 14.6. The van der Waals surface area contributed by atoms with Gasteiger partial charge < -0.3 is 25.3 Å². The Kier molecular flexibility index (Phi) is 6.84. The van der Waals surface area contributed by atoms with Crippen molar-refractivity contribution in [2.45, 2.75) is 38.0 Å². The topological polar surface area (TPSA) is 59.0 Å². The number of piperidine rings is 1. The minimum absolute atomic E-state index is 0.136. The third kappa shape index (κ3) is 5.77. The standard InChI is InChI=1S/C18H31N3O2/c1-14(19-12-18(23)13-20(2)3)15-4-6-16(7-5-15)21-10-8-17(22)9-11-21/h4-7,14,17-19,22-23H,8-13H2,1-3H3. The zero-order valence-electron chi connectivity index (χ0n) is 14.6. The lowest BCUT2D eigenvalue weighted by atomic mass is 10.0. The van der Waals surface area contributed by atoms with Gasteiger partial charge in [-0.2, -0.15) is 0 Å². The predicted molar refractivity (Wildman–Crippen MR) is 94.9 cm³/mol. The maximum Gasteiger partial charge on any atom is 0.0791 e. The van der Waals surface area contributed by atoms with E-state index in [1.807, 2.05) is 19.0 Å². The van der Waals surface area contributed by atoms with Gasteiger partial charge in [-0.1, -0.05) is 12.1 Å². The molecule has 2 rings (SSSR count). The molecule has 0 radical (unpaired) electrons. The Labute approximate surface area is 139 Å². The third-order valence-corrected chi connectivity index (χ3v) is 4.46. The van der Waals surface area contributed by atoms with Crippen molar-refractivity contribution in [3.8, 4) is 0 Å². The van der Waals surface area contributed by atoms with Gasteiger partial charge in [0.15, 0.2) is 0 Å². The Morgan fingerprint density at radius 1 is 1.22 bits per heavy atom. The molecule has 0 amide bonds. The summed E-state index contributed by atoms with van der Waals surface area (Å²) >= 11 is 0. The Morgan fingerprint density at radius 2 is 1.83 bits per heavy atom. The van der Waals surface area contributed by atoms with Crippen molar-refractivity contribution in [3.63, 3.8) is 0 Å². The van der Waals surface area contributed by atoms with Crippen molar-refractivity contribution in [1.82, 2.24) is 10.2 Å². The summed E-state index contributed by atoms with van der Waals surface area (Å²) in [6.07, 6.45) is 1.21. The van der Waals surface area contributed by atoms with Gasteiger partial charge in [0, 0.05) is 37.9 Å². The van der Waals surface area contributed by atoms with E-state index in [0.29, 0.717) is 13.1 Å². The maximum absolute atomic E-state index is 9.92. The molecule has 0 aromatic heterocycles. The molecule has 2 unspecified atom stereocenters. The molecule has 1 aliphatic heterocycles. The highest BCUT2D eigenvalue weighted by atomic mass is 16.3. The quantitative estimate of drug-likeness (QED) is 0.705. The lowest BCUT2D eigenvalue weighted by Crippen LogP contribution is -2.36. The summed E-state index contributed by atoms with van der Waals surface area (Å²) < 4.78 is 0. The van der Waals surface area contributed by atoms with Crippen molar-refractivity contribution in [1.29, 1.82) is 0 Å². The van der Waals surface area contributed by atoms with Crippen molar-refractivity contribution < 1.29 is 10.2 Å². The van der Waals surface area contributed by atoms with E-state index in [-0.39, 0.29) is 18.2 Å². The second kappa shape index (κ2) is 8.64. The number of anilines is 1. The van der Waals surface area contributed by atoms with E-state index < -0.39 is 0 Å². The van der Waals surface area contributed by atoms with E-state index in [2.05, 4.69) is 41.4 Å². The van der Waals surface area contributed by atoms with Gasteiger partial charge in [-0.05, 0) is 51.6 Å². The number of nitrogens with one attached hydrogen (secondary N) is 1. The predicted octanol–water partition coefficient (Wildman–Crippen LogP) is 1.22. The summed E-state index contributed by atoms with van der Waals surface area (Å²) in [4.78, 5) is 4.32. The van der Waals surface area contributed by atoms with Crippen LogP contribution in [0.15, 0.2) is 24.3 Å². The Morgan fingerprint density at radius 3 is 2.39 bits per heavy atom. The number of hydrogen-bond donors (Lipinski definition) is 3. The van der Waals surface area contributed by atoms with E-state index in [1.165, 1.54) is 11.3 Å². The highest BCUT2D eigenvalue weighted by Crippen LogP contribution is 2.22. The first kappa shape index (κ1) is 18.2. The van der Waals surface area contributed by atoms with Crippen LogP contribution in [0.4, 0.5) is 5.69 Å². The smallest absolute Gasteiger partial charge is 0.0791 e. The fraction of sp³-hybridized carbons (Fsp3) is 0.667. The number of likely N-dealkylation sites (N-methyl/N-ethyl adjacent to an activating group) is 1. The number of aliphatic hydroxyl groups is 2. The van der Waals surface area contributed by atoms with E-state index in [0.717, 1.165) is 25.9 Å². The van der Waals surface area contributed by atoms with Gasteiger partial charge in [0.2, 0.25) is 0 Å². The summed E-state index contributed by atoms with van der Waals surface area (Å²) in [7, 11) is 3.93. The summed E-state index contributed by atoms with van der Waals surface area (Å²) in [6, 6.07) is 8.82. The van der Waals surface area contributed by atoms with Crippen molar-refractivity contribution in [3.05, 3.63) is 29.8 Å². The van der Waals surface area contributed by atoms with Crippen LogP contribution in [0.5, 0.6) is 0 Å². The Hall–Kier alpha value is -1.14. The second-order valence-corrected chi connectivity index (χ2v) is 6.86. The Balaban J connectivity index is 1.84. The van der Waals surface area contributed by atoms with Crippen LogP contribution >= 0.6 is 0 Å². The fourth-order valence-electron chi connectivity index (χ4n) is 3.01. The number of nitrogens with zero attached hydrogens (tertiary/aromatic N) is 2. The molecule has 0 aliphatic carbocycles. The third-order valence-electron chi connectivity index (χ3n) is 4.46. The summed E-state index contributed by atoms with van der Waals surface area (Å²) in [5.74, 6) is 0.